The Labute approximate surface area is 131 Å². The van der Waals surface area contributed by atoms with Crippen LogP contribution in [0.15, 0.2) is 35.9 Å². The lowest BCUT2D eigenvalue weighted by atomic mass is 9.81. The summed E-state index contributed by atoms with van der Waals surface area (Å²) in [5.74, 6) is 0. The number of hydrogen-bond acceptors (Lipinski definition) is 0. The van der Waals surface area contributed by atoms with Gasteiger partial charge in [-0.05, 0) is 42.2 Å². The third-order valence-corrected chi connectivity index (χ3v) is 4.98. The Morgan fingerprint density at radius 3 is 2.29 bits per heavy atom. The highest BCUT2D eigenvalue weighted by Gasteiger charge is 2.32. The van der Waals surface area contributed by atoms with Gasteiger partial charge in [0.2, 0.25) is 0 Å². The second-order valence-corrected chi connectivity index (χ2v) is 7.25. The SMILES string of the molecule is CCCCCCCCC1=C(c2ccccc2)C(C)(C)CC1. The fraction of sp³-hybridized carbons (Fsp3) is 0.619. The molecule has 0 spiro atoms. The van der Waals surface area contributed by atoms with Gasteiger partial charge in [0.1, 0.15) is 0 Å². The first-order chi connectivity index (χ1) is 10.1. The third kappa shape index (κ3) is 4.46. The van der Waals surface area contributed by atoms with Gasteiger partial charge >= 0.3 is 0 Å². The van der Waals surface area contributed by atoms with Gasteiger partial charge in [-0.3, -0.25) is 0 Å². The van der Waals surface area contributed by atoms with E-state index in [1.54, 1.807) is 11.1 Å². The van der Waals surface area contributed by atoms with E-state index in [0.717, 1.165) is 0 Å². The second-order valence-electron chi connectivity index (χ2n) is 7.25. The summed E-state index contributed by atoms with van der Waals surface area (Å²) in [6.45, 7) is 7.13. The van der Waals surface area contributed by atoms with Crippen LogP contribution in [-0.2, 0) is 0 Å². The summed E-state index contributed by atoms with van der Waals surface area (Å²) in [4.78, 5) is 0. The molecular weight excluding hydrogens is 252 g/mol. The lowest BCUT2D eigenvalue weighted by Crippen LogP contribution is -2.09. The molecule has 1 aromatic rings. The summed E-state index contributed by atoms with van der Waals surface area (Å²) >= 11 is 0. The molecule has 0 atom stereocenters. The highest BCUT2D eigenvalue weighted by Crippen LogP contribution is 2.49. The average molecular weight is 284 g/mol. The molecule has 0 nitrogen and oxygen atoms in total. The molecule has 1 aromatic carbocycles. The number of rotatable bonds is 8. The second kappa shape index (κ2) is 7.82. The fourth-order valence-corrected chi connectivity index (χ4v) is 3.76. The highest BCUT2D eigenvalue weighted by molar-refractivity contribution is 5.74. The molecule has 0 heterocycles. The molecule has 0 aliphatic heterocycles. The molecule has 0 unspecified atom stereocenters. The van der Waals surface area contributed by atoms with Crippen LogP contribution in [-0.4, -0.2) is 0 Å². The average Bonchev–Trinajstić information content (AvgIpc) is 2.78. The summed E-state index contributed by atoms with van der Waals surface area (Å²) < 4.78 is 0. The van der Waals surface area contributed by atoms with Crippen LogP contribution >= 0.6 is 0 Å². The number of hydrogen-bond donors (Lipinski definition) is 0. The van der Waals surface area contributed by atoms with Gasteiger partial charge in [-0.2, -0.15) is 0 Å². The zero-order valence-corrected chi connectivity index (χ0v) is 14.3. The van der Waals surface area contributed by atoms with Gasteiger partial charge < -0.3 is 0 Å². The molecular formula is C21H32. The van der Waals surface area contributed by atoms with Crippen molar-refractivity contribution in [2.45, 2.75) is 78.6 Å². The molecule has 21 heavy (non-hydrogen) atoms. The van der Waals surface area contributed by atoms with E-state index >= 15 is 0 Å². The normalized spacial score (nSPS) is 17.5. The molecule has 0 bridgehead atoms. The summed E-state index contributed by atoms with van der Waals surface area (Å²) in [6.07, 6.45) is 12.3. The monoisotopic (exact) mass is 284 g/mol. The Bertz CT molecular complexity index is 450. The van der Waals surface area contributed by atoms with Gasteiger partial charge in [-0.1, -0.05) is 88.8 Å². The largest absolute Gasteiger partial charge is 0.0658 e. The third-order valence-electron chi connectivity index (χ3n) is 4.98. The van der Waals surface area contributed by atoms with E-state index in [-0.39, 0.29) is 0 Å². The smallest absolute Gasteiger partial charge is 0.00950 e. The molecule has 1 aliphatic carbocycles. The van der Waals surface area contributed by atoms with Crippen LogP contribution in [0.4, 0.5) is 0 Å². The molecule has 0 radical (unpaired) electrons. The van der Waals surface area contributed by atoms with Crippen LogP contribution in [0.2, 0.25) is 0 Å². The highest BCUT2D eigenvalue weighted by atomic mass is 14.4. The Morgan fingerprint density at radius 2 is 1.57 bits per heavy atom. The molecule has 1 aliphatic rings. The van der Waals surface area contributed by atoms with Gasteiger partial charge in [-0.25, -0.2) is 0 Å². The lowest BCUT2D eigenvalue weighted by Gasteiger charge is -2.23. The van der Waals surface area contributed by atoms with Crippen molar-refractivity contribution in [2.75, 3.05) is 0 Å². The van der Waals surface area contributed by atoms with E-state index in [1.807, 2.05) is 0 Å². The minimum atomic E-state index is 0.360. The molecule has 0 saturated carbocycles. The van der Waals surface area contributed by atoms with Crippen molar-refractivity contribution in [3.05, 3.63) is 41.5 Å². The molecule has 0 saturated heterocycles. The van der Waals surface area contributed by atoms with Crippen LogP contribution < -0.4 is 0 Å². The van der Waals surface area contributed by atoms with Crippen molar-refractivity contribution in [1.29, 1.82) is 0 Å². The summed E-state index contributed by atoms with van der Waals surface area (Å²) in [5.41, 5.74) is 5.21. The number of allylic oxidation sites excluding steroid dienone is 2. The van der Waals surface area contributed by atoms with Gasteiger partial charge in [0.15, 0.2) is 0 Å². The first-order valence-corrected chi connectivity index (χ1v) is 8.93. The molecule has 0 N–H and O–H groups in total. The maximum atomic E-state index is 2.42. The maximum Gasteiger partial charge on any atom is -0.00950 e. The fourth-order valence-electron chi connectivity index (χ4n) is 3.76. The molecule has 0 heteroatoms. The van der Waals surface area contributed by atoms with Crippen LogP contribution in [0.1, 0.15) is 84.1 Å². The first kappa shape index (κ1) is 16.3. The Kier molecular flexibility index (Phi) is 6.08. The Balaban J connectivity index is 1.98. The number of unbranched alkanes of at least 4 members (excludes halogenated alkanes) is 5. The van der Waals surface area contributed by atoms with E-state index in [4.69, 9.17) is 0 Å². The Hall–Kier alpha value is -1.04. The first-order valence-electron chi connectivity index (χ1n) is 8.93. The summed E-state index contributed by atoms with van der Waals surface area (Å²) in [5, 5.41) is 0. The topological polar surface area (TPSA) is 0 Å². The summed E-state index contributed by atoms with van der Waals surface area (Å²) in [6, 6.07) is 11.1. The van der Waals surface area contributed by atoms with E-state index < -0.39 is 0 Å². The van der Waals surface area contributed by atoms with Crippen LogP contribution in [0.25, 0.3) is 5.57 Å². The predicted molar refractivity (Wildman–Crippen MR) is 94.4 cm³/mol. The predicted octanol–water partition coefficient (Wildman–Crippen LogP) is 7.01. The van der Waals surface area contributed by atoms with Gasteiger partial charge in [0, 0.05) is 0 Å². The van der Waals surface area contributed by atoms with E-state index in [1.165, 1.54) is 63.4 Å². The van der Waals surface area contributed by atoms with Crippen molar-refractivity contribution in [1.82, 2.24) is 0 Å². The Morgan fingerprint density at radius 1 is 0.905 bits per heavy atom. The van der Waals surface area contributed by atoms with Gasteiger partial charge in [0.25, 0.3) is 0 Å². The molecule has 0 fully saturated rings. The van der Waals surface area contributed by atoms with Crippen LogP contribution in [0, 0.1) is 5.41 Å². The van der Waals surface area contributed by atoms with Crippen molar-refractivity contribution in [3.8, 4) is 0 Å². The zero-order chi connectivity index (χ0) is 15.1. The van der Waals surface area contributed by atoms with Gasteiger partial charge in [0.05, 0.1) is 0 Å². The zero-order valence-electron chi connectivity index (χ0n) is 14.3. The van der Waals surface area contributed by atoms with Crippen LogP contribution in [0.3, 0.4) is 0 Å². The minimum Gasteiger partial charge on any atom is -0.0658 e. The summed E-state index contributed by atoms with van der Waals surface area (Å²) in [7, 11) is 0. The maximum absolute atomic E-state index is 2.42. The number of benzene rings is 1. The molecule has 0 aromatic heterocycles. The standard InChI is InChI=1S/C21H32/c1-4-5-6-7-8-10-15-19-16-17-21(2,3)20(19)18-13-11-9-12-14-18/h9,11-14H,4-8,10,15-17H2,1-3H3. The minimum absolute atomic E-state index is 0.360. The van der Waals surface area contributed by atoms with Gasteiger partial charge in [-0.15, -0.1) is 0 Å². The van der Waals surface area contributed by atoms with E-state index in [9.17, 15) is 0 Å². The lowest BCUT2D eigenvalue weighted by molar-refractivity contribution is 0.485. The van der Waals surface area contributed by atoms with Crippen molar-refractivity contribution < 1.29 is 0 Å². The molecule has 116 valence electrons. The van der Waals surface area contributed by atoms with Crippen molar-refractivity contribution in [3.63, 3.8) is 0 Å². The quantitative estimate of drug-likeness (QED) is 0.450. The van der Waals surface area contributed by atoms with E-state index in [2.05, 4.69) is 51.1 Å². The van der Waals surface area contributed by atoms with Crippen molar-refractivity contribution in [2.24, 2.45) is 5.41 Å². The van der Waals surface area contributed by atoms with Crippen LogP contribution in [0.5, 0.6) is 0 Å². The molecule has 0 amide bonds. The molecule has 2 rings (SSSR count). The van der Waals surface area contributed by atoms with E-state index in [0.29, 0.717) is 5.41 Å². The van der Waals surface area contributed by atoms with Crippen molar-refractivity contribution >= 4 is 5.57 Å².